The lowest BCUT2D eigenvalue weighted by atomic mass is 10.1. The lowest BCUT2D eigenvalue weighted by molar-refractivity contribution is -0.121. The van der Waals surface area contributed by atoms with E-state index >= 15 is 0 Å². The highest BCUT2D eigenvalue weighted by molar-refractivity contribution is 5.77. The summed E-state index contributed by atoms with van der Waals surface area (Å²) in [6.07, 6.45) is 2.45. The molecule has 0 bridgehead atoms. The van der Waals surface area contributed by atoms with Crippen LogP contribution >= 0.6 is 0 Å². The van der Waals surface area contributed by atoms with Crippen LogP contribution in [0.4, 0.5) is 0 Å². The molecule has 0 unspecified atom stereocenters. The van der Waals surface area contributed by atoms with Crippen molar-refractivity contribution in [3.8, 4) is 0 Å². The Bertz CT molecular complexity index is 942. The largest absolute Gasteiger partial charge is 0.443 e. The monoisotopic (exact) mass is 339 g/mol. The SMILES string of the molecule is Cc1oc2ncn(CCC(=O)NCCc3ccccc3)c(=O)c2c1C. The van der Waals surface area contributed by atoms with Gasteiger partial charge in [-0.1, -0.05) is 30.3 Å². The van der Waals surface area contributed by atoms with Crippen molar-refractivity contribution < 1.29 is 9.21 Å². The molecule has 25 heavy (non-hydrogen) atoms. The van der Waals surface area contributed by atoms with Crippen LogP contribution in [0.15, 0.2) is 45.9 Å². The van der Waals surface area contributed by atoms with E-state index in [1.54, 1.807) is 6.92 Å². The molecule has 6 nitrogen and oxygen atoms in total. The van der Waals surface area contributed by atoms with Crippen molar-refractivity contribution >= 4 is 17.0 Å². The summed E-state index contributed by atoms with van der Waals surface area (Å²) in [6, 6.07) is 9.98. The number of furan rings is 1. The summed E-state index contributed by atoms with van der Waals surface area (Å²) in [5.74, 6) is 0.610. The molecule has 1 aromatic carbocycles. The fourth-order valence-electron chi connectivity index (χ4n) is 2.73. The van der Waals surface area contributed by atoms with E-state index in [9.17, 15) is 9.59 Å². The molecule has 0 spiro atoms. The number of hydrogen-bond donors (Lipinski definition) is 1. The van der Waals surface area contributed by atoms with E-state index in [-0.39, 0.29) is 17.9 Å². The van der Waals surface area contributed by atoms with Crippen molar-refractivity contribution in [2.45, 2.75) is 33.2 Å². The second-order valence-electron chi connectivity index (χ2n) is 6.04. The number of hydrogen-bond acceptors (Lipinski definition) is 4. The van der Waals surface area contributed by atoms with E-state index in [4.69, 9.17) is 4.42 Å². The number of benzene rings is 1. The van der Waals surface area contributed by atoms with Gasteiger partial charge < -0.3 is 9.73 Å². The number of rotatable bonds is 6. The highest BCUT2D eigenvalue weighted by atomic mass is 16.3. The molecule has 6 heteroatoms. The molecule has 0 aliphatic rings. The standard InChI is InChI=1S/C19H21N3O3/c1-13-14(2)25-18-17(13)19(24)22(12-21-18)11-9-16(23)20-10-8-15-6-4-3-5-7-15/h3-7,12H,8-11H2,1-2H3,(H,20,23). The third-order valence-corrected chi connectivity index (χ3v) is 4.31. The van der Waals surface area contributed by atoms with Crippen molar-refractivity contribution in [1.29, 1.82) is 0 Å². The molecule has 0 radical (unpaired) electrons. The Balaban J connectivity index is 1.57. The molecule has 0 aliphatic carbocycles. The van der Waals surface area contributed by atoms with E-state index in [2.05, 4.69) is 10.3 Å². The van der Waals surface area contributed by atoms with Crippen molar-refractivity contribution in [3.63, 3.8) is 0 Å². The summed E-state index contributed by atoms with van der Waals surface area (Å²) in [6.45, 7) is 4.52. The highest BCUT2D eigenvalue weighted by Gasteiger charge is 2.14. The van der Waals surface area contributed by atoms with Gasteiger partial charge in [-0.3, -0.25) is 14.2 Å². The number of nitrogens with one attached hydrogen (secondary N) is 1. The maximum atomic E-state index is 12.5. The first-order valence-electron chi connectivity index (χ1n) is 8.32. The zero-order valence-corrected chi connectivity index (χ0v) is 14.4. The van der Waals surface area contributed by atoms with Crippen molar-refractivity contribution in [2.75, 3.05) is 6.54 Å². The van der Waals surface area contributed by atoms with E-state index in [1.165, 1.54) is 16.5 Å². The molecule has 2 aromatic heterocycles. The summed E-state index contributed by atoms with van der Waals surface area (Å²) >= 11 is 0. The smallest absolute Gasteiger partial charge is 0.264 e. The minimum absolute atomic E-state index is 0.0805. The van der Waals surface area contributed by atoms with Crippen LogP contribution in [0.5, 0.6) is 0 Å². The molecule has 0 saturated carbocycles. The van der Waals surface area contributed by atoms with Gasteiger partial charge in [0.2, 0.25) is 11.6 Å². The fraction of sp³-hybridized carbons (Fsp3) is 0.316. The van der Waals surface area contributed by atoms with Gasteiger partial charge in [0.25, 0.3) is 5.56 Å². The predicted octanol–water partition coefficient (Wildman–Crippen LogP) is 2.36. The molecule has 1 N–H and O–H groups in total. The highest BCUT2D eigenvalue weighted by Crippen LogP contribution is 2.18. The van der Waals surface area contributed by atoms with E-state index in [0.717, 1.165) is 12.0 Å². The molecule has 3 rings (SSSR count). The molecule has 0 saturated heterocycles. The van der Waals surface area contributed by atoms with E-state index in [1.807, 2.05) is 37.3 Å². The van der Waals surface area contributed by atoms with Gasteiger partial charge in [0.05, 0.1) is 0 Å². The average molecular weight is 339 g/mol. The molecule has 3 aromatic rings. The van der Waals surface area contributed by atoms with Gasteiger partial charge in [-0.2, -0.15) is 0 Å². The molecule has 0 aliphatic heterocycles. The molecule has 0 fully saturated rings. The fourth-order valence-corrected chi connectivity index (χ4v) is 2.73. The third-order valence-electron chi connectivity index (χ3n) is 4.31. The van der Waals surface area contributed by atoms with Gasteiger partial charge in [-0.05, 0) is 25.8 Å². The van der Waals surface area contributed by atoms with Crippen LogP contribution in [0.3, 0.4) is 0 Å². The first-order valence-corrected chi connectivity index (χ1v) is 8.32. The predicted molar refractivity (Wildman–Crippen MR) is 95.5 cm³/mol. The van der Waals surface area contributed by atoms with Crippen LogP contribution in [0.25, 0.3) is 11.1 Å². The molecule has 2 heterocycles. The minimum atomic E-state index is -0.170. The molecule has 130 valence electrons. The zero-order valence-electron chi connectivity index (χ0n) is 14.4. The summed E-state index contributed by atoms with van der Waals surface area (Å²) in [5, 5.41) is 3.37. The number of nitrogens with zero attached hydrogens (tertiary/aromatic N) is 2. The first-order chi connectivity index (χ1) is 12.1. The Hall–Kier alpha value is -2.89. The maximum Gasteiger partial charge on any atom is 0.264 e. The molecule has 1 amide bonds. The van der Waals surface area contributed by atoms with Crippen LogP contribution in [0.1, 0.15) is 23.3 Å². The molecular weight excluding hydrogens is 318 g/mol. The summed E-state index contributed by atoms with van der Waals surface area (Å²) in [4.78, 5) is 28.7. The average Bonchev–Trinajstić information content (AvgIpc) is 2.90. The Morgan fingerprint density at radius 1 is 1.24 bits per heavy atom. The van der Waals surface area contributed by atoms with Gasteiger partial charge in [0.15, 0.2) is 0 Å². The van der Waals surface area contributed by atoms with Gasteiger partial charge >= 0.3 is 0 Å². The zero-order chi connectivity index (χ0) is 17.8. The van der Waals surface area contributed by atoms with Gasteiger partial charge in [0, 0.05) is 25.1 Å². The van der Waals surface area contributed by atoms with Crippen LogP contribution < -0.4 is 10.9 Å². The van der Waals surface area contributed by atoms with Crippen molar-refractivity contribution in [1.82, 2.24) is 14.9 Å². The summed E-state index contributed by atoms with van der Waals surface area (Å²) in [5.41, 5.74) is 2.16. The topological polar surface area (TPSA) is 77.1 Å². The summed E-state index contributed by atoms with van der Waals surface area (Å²) in [7, 11) is 0. The van der Waals surface area contributed by atoms with E-state index in [0.29, 0.717) is 29.9 Å². The van der Waals surface area contributed by atoms with Gasteiger partial charge in [-0.15, -0.1) is 0 Å². The quantitative estimate of drug-likeness (QED) is 0.748. The van der Waals surface area contributed by atoms with Crippen LogP contribution in [0, 0.1) is 13.8 Å². The number of amides is 1. The first kappa shape index (κ1) is 17.0. The van der Waals surface area contributed by atoms with Crippen molar-refractivity contribution in [2.24, 2.45) is 0 Å². The van der Waals surface area contributed by atoms with Gasteiger partial charge in [-0.25, -0.2) is 4.98 Å². The Kier molecular flexibility index (Phi) is 4.97. The van der Waals surface area contributed by atoms with Crippen LogP contribution in [-0.4, -0.2) is 22.0 Å². The van der Waals surface area contributed by atoms with Crippen LogP contribution in [-0.2, 0) is 17.8 Å². The van der Waals surface area contributed by atoms with Gasteiger partial charge in [0.1, 0.15) is 17.5 Å². The summed E-state index contributed by atoms with van der Waals surface area (Å²) < 4.78 is 6.91. The number of aromatic nitrogens is 2. The second kappa shape index (κ2) is 7.34. The van der Waals surface area contributed by atoms with E-state index < -0.39 is 0 Å². The number of fused-ring (bicyclic) bond motifs is 1. The second-order valence-corrected chi connectivity index (χ2v) is 6.04. The number of carbonyl (C=O) groups is 1. The Morgan fingerprint density at radius 2 is 2.00 bits per heavy atom. The van der Waals surface area contributed by atoms with Crippen molar-refractivity contribution in [3.05, 3.63) is 63.9 Å². The number of carbonyl (C=O) groups excluding carboxylic acids is 1. The molecule has 0 atom stereocenters. The lowest BCUT2D eigenvalue weighted by Gasteiger charge is -2.07. The lowest BCUT2D eigenvalue weighted by Crippen LogP contribution is -2.29. The molecular formula is C19H21N3O3. The minimum Gasteiger partial charge on any atom is -0.443 e. The Labute approximate surface area is 145 Å². The maximum absolute atomic E-state index is 12.5. The number of aryl methyl sites for hydroxylation is 3. The Morgan fingerprint density at radius 3 is 2.76 bits per heavy atom. The van der Waals surface area contributed by atoms with Crippen LogP contribution in [0.2, 0.25) is 0 Å². The normalized spacial score (nSPS) is 11.0. The third kappa shape index (κ3) is 3.79.